The molecule has 3 aromatic rings. The largest absolute Gasteiger partial charge is 0.454 e. The third-order valence-electron chi connectivity index (χ3n) is 4.75. The predicted molar refractivity (Wildman–Crippen MR) is 119 cm³/mol. The van der Waals surface area contributed by atoms with E-state index in [4.69, 9.17) is 9.47 Å². The van der Waals surface area contributed by atoms with Gasteiger partial charge in [0.25, 0.3) is 5.56 Å². The van der Waals surface area contributed by atoms with E-state index in [1.54, 1.807) is 23.6 Å². The Morgan fingerprint density at radius 2 is 2.07 bits per heavy atom. The van der Waals surface area contributed by atoms with E-state index >= 15 is 0 Å². The molecule has 0 radical (unpaired) electrons. The molecule has 1 N–H and O–H groups in total. The van der Waals surface area contributed by atoms with Crippen molar-refractivity contribution in [1.82, 2.24) is 14.9 Å². The molecule has 30 heavy (non-hydrogen) atoms. The van der Waals surface area contributed by atoms with E-state index < -0.39 is 5.25 Å². The summed E-state index contributed by atoms with van der Waals surface area (Å²) in [6.07, 6.45) is 0. The van der Waals surface area contributed by atoms with E-state index in [0.717, 1.165) is 10.0 Å². The number of nitrogens with zero attached hydrogens (tertiary/aromatic N) is 2. The van der Waals surface area contributed by atoms with Gasteiger partial charge in [-0.15, -0.1) is 0 Å². The standard InChI is InChI=1S/C21H20BrN3O4S/c1-3-25-20(27)15-9-14(22)5-6-16(15)24-21(25)30-12(2)19(26)23-10-13-4-7-17-18(8-13)29-11-28-17/h4-9,12H,3,10-11H2,1-2H3,(H,23,26). The van der Waals surface area contributed by atoms with Gasteiger partial charge in [-0.2, -0.15) is 0 Å². The Morgan fingerprint density at radius 1 is 1.27 bits per heavy atom. The fourth-order valence-corrected chi connectivity index (χ4v) is 4.49. The number of hydrogen-bond acceptors (Lipinski definition) is 6. The van der Waals surface area contributed by atoms with Crippen LogP contribution in [0.2, 0.25) is 0 Å². The molecule has 1 aliphatic heterocycles. The van der Waals surface area contributed by atoms with E-state index in [1.165, 1.54) is 11.8 Å². The number of amides is 1. The number of carbonyl (C=O) groups is 1. The lowest BCUT2D eigenvalue weighted by molar-refractivity contribution is -0.120. The molecule has 1 aromatic heterocycles. The Bertz CT molecular complexity index is 1180. The van der Waals surface area contributed by atoms with Crippen LogP contribution in [0.5, 0.6) is 11.5 Å². The number of ether oxygens (including phenoxy) is 2. The van der Waals surface area contributed by atoms with Crippen LogP contribution in [0.1, 0.15) is 19.4 Å². The maximum atomic E-state index is 12.9. The molecule has 9 heteroatoms. The lowest BCUT2D eigenvalue weighted by Gasteiger charge is -2.15. The zero-order valence-electron chi connectivity index (χ0n) is 16.5. The number of benzene rings is 2. The smallest absolute Gasteiger partial charge is 0.262 e. The molecule has 4 rings (SSSR count). The SMILES string of the molecule is CCn1c(SC(C)C(=O)NCc2ccc3c(c2)OCO3)nc2ccc(Br)cc2c1=O. The number of thioether (sulfide) groups is 1. The second-order valence-corrected chi connectivity index (χ2v) is 8.99. The minimum atomic E-state index is -0.420. The molecule has 1 atom stereocenters. The van der Waals surface area contributed by atoms with E-state index in [2.05, 4.69) is 26.2 Å². The summed E-state index contributed by atoms with van der Waals surface area (Å²) in [7, 11) is 0. The van der Waals surface area contributed by atoms with Crippen LogP contribution in [0.15, 0.2) is 50.8 Å². The van der Waals surface area contributed by atoms with Gasteiger partial charge in [0.05, 0.1) is 16.2 Å². The molecule has 0 fully saturated rings. The summed E-state index contributed by atoms with van der Waals surface area (Å²) in [5.41, 5.74) is 1.42. The van der Waals surface area contributed by atoms with Crippen molar-refractivity contribution in [3.05, 3.63) is 56.8 Å². The number of fused-ring (bicyclic) bond motifs is 2. The molecule has 1 aliphatic rings. The van der Waals surface area contributed by atoms with Crippen molar-refractivity contribution in [2.45, 2.75) is 37.3 Å². The quantitative estimate of drug-likeness (QED) is 0.419. The monoisotopic (exact) mass is 489 g/mol. The maximum Gasteiger partial charge on any atom is 0.262 e. The Kier molecular flexibility index (Phi) is 6.01. The molecule has 0 saturated carbocycles. The van der Waals surface area contributed by atoms with Crippen molar-refractivity contribution >= 4 is 44.5 Å². The van der Waals surface area contributed by atoms with Gasteiger partial charge >= 0.3 is 0 Å². The third kappa shape index (κ3) is 4.17. The number of carbonyl (C=O) groups excluding carboxylic acids is 1. The van der Waals surface area contributed by atoms with Crippen molar-refractivity contribution in [3.63, 3.8) is 0 Å². The number of halogens is 1. The summed E-state index contributed by atoms with van der Waals surface area (Å²) in [5.74, 6) is 1.26. The minimum absolute atomic E-state index is 0.112. The van der Waals surface area contributed by atoms with Crippen molar-refractivity contribution in [3.8, 4) is 11.5 Å². The Balaban J connectivity index is 1.48. The van der Waals surface area contributed by atoms with E-state index in [0.29, 0.717) is 40.6 Å². The van der Waals surface area contributed by atoms with Crippen LogP contribution in [0, 0.1) is 0 Å². The van der Waals surface area contributed by atoms with Crippen LogP contribution in [-0.4, -0.2) is 27.5 Å². The molecular formula is C21H20BrN3O4S. The minimum Gasteiger partial charge on any atom is -0.454 e. The molecule has 156 valence electrons. The molecule has 0 spiro atoms. The molecule has 7 nitrogen and oxygen atoms in total. The summed E-state index contributed by atoms with van der Waals surface area (Å²) in [4.78, 5) is 30.1. The average molecular weight is 490 g/mol. The fourth-order valence-electron chi connectivity index (χ4n) is 3.14. The number of aromatic nitrogens is 2. The highest BCUT2D eigenvalue weighted by Crippen LogP contribution is 2.32. The third-order valence-corrected chi connectivity index (χ3v) is 6.34. The van der Waals surface area contributed by atoms with Crippen molar-refractivity contribution in [1.29, 1.82) is 0 Å². The van der Waals surface area contributed by atoms with E-state index in [9.17, 15) is 9.59 Å². The zero-order valence-corrected chi connectivity index (χ0v) is 18.9. The number of nitrogens with one attached hydrogen (secondary N) is 1. The molecule has 0 bridgehead atoms. The van der Waals surface area contributed by atoms with Crippen molar-refractivity contribution < 1.29 is 14.3 Å². The van der Waals surface area contributed by atoms with Gasteiger partial charge in [0.15, 0.2) is 16.7 Å². The van der Waals surface area contributed by atoms with E-state index in [1.807, 2.05) is 31.2 Å². The van der Waals surface area contributed by atoms with Gasteiger partial charge in [-0.3, -0.25) is 14.2 Å². The summed E-state index contributed by atoms with van der Waals surface area (Å²) in [6.45, 7) is 4.76. The Hall–Kier alpha value is -2.52. The van der Waals surface area contributed by atoms with Crippen molar-refractivity contribution in [2.75, 3.05) is 6.79 Å². The molecule has 1 unspecified atom stereocenters. The first-order chi connectivity index (χ1) is 14.5. The molecule has 0 aliphatic carbocycles. The van der Waals surface area contributed by atoms with Gasteiger partial charge in [0.1, 0.15) is 0 Å². The lowest BCUT2D eigenvalue weighted by Crippen LogP contribution is -2.31. The fraction of sp³-hybridized carbons (Fsp3) is 0.286. The summed E-state index contributed by atoms with van der Waals surface area (Å²) in [5, 5.41) is 3.59. The number of hydrogen-bond donors (Lipinski definition) is 1. The van der Waals surface area contributed by atoms with Gasteiger partial charge < -0.3 is 14.8 Å². The molecule has 1 amide bonds. The highest BCUT2D eigenvalue weighted by molar-refractivity contribution is 9.10. The van der Waals surface area contributed by atoms with E-state index in [-0.39, 0.29) is 18.3 Å². The summed E-state index contributed by atoms with van der Waals surface area (Å²) >= 11 is 4.67. The topological polar surface area (TPSA) is 82.5 Å². The van der Waals surface area contributed by atoms with Gasteiger partial charge in [0, 0.05) is 17.6 Å². The molecular weight excluding hydrogens is 470 g/mol. The first kappa shape index (κ1) is 20.7. The molecule has 0 saturated heterocycles. The molecule has 2 heterocycles. The van der Waals surface area contributed by atoms with Crippen LogP contribution >= 0.6 is 27.7 Å². The lowest BCUT2D eigenvalue weighted by atomic mass is 10.2. The second-order valence-electron chi connectivity index (χ2n) is 6.77. The normalized spacial score (nSPS) is 13.4. The highest BCUT2D eigenvalue weighted by Gasteiger charge is 2.20. The summed E-state index contributed by atoms with van der Waals surface area (Å²) < 4.78 is 13.1. The van der Waals surface area contributed by atoms with Crippen LogP contribution in [0.25, 0.3) is 10.9 Å². The second kappa shape index (κ2) is 8.69. The maximum absolute atomic E-state index is 12.9. The van der Waals surface area contributed by atoms with Crippen LogP contribution < -0.4 is 20.3 Å². The first-order valence-electron chi connectivity index (χ1n) is 9.49. The summed E-state index contributed by atoms with van der Waals surface area (Å²) in [6, 6.07) is 11.0. The van der Waals surface area contributed by atoms with Crippen molar-refractivity contribution in [2.24, 2.45) is 0 Å². The van der Waals surface area contributed by atoms with Crippen LogP contribution in [0.4, 0.5) is 0 Å². The van der Waals surface area contributed by atoms with Crippen LogP contribution in [0.3, 0.4) is 0 Å². The number of rotatable bonds is 6. The Morgan fingerprint density at radius 3 is 2.87 bits per heavy atom. The average Bonchev–Trinajstić information content (AvgIpc) is 3.20. The Labute approximate surface area is 185 Å². The van der Waals surface area contributed by atoms with Gasteiger partial charge in [0.2, 0.25) is 12.7 Å². The van der Waals surface area contributed by atoms with Gasteiger partial charge in [-0.05, 0) is 49.7 Å². The van der Waals surface area contributed by atoms with Crippen LogP contribution in [-0.2, 0) is 17.9 Å². The van der Waals surface area contributed by atoms with Gasteiger partial charge in [-0.25, -0.2) is 4.98 Å². The van der Waals surface area contributed by atoms with Gasteiger partial charge in [-0.1, -0.05) is 33.8 Å². The highest BCUT2D eigenvalue weighted by atomic mass is 79.9. The zero-order chi connectivity index (χ0) is 21.3. The predicted octanol–water partition coefficient (Wildman–Crippen LogP) is 3.70. The first-order valence-corrected chi connectivity index (χ1v) is 11.2. The molecule has 2 aromatic carbocycles.